The van der Waals surface area contributed by atoms with Crippen molar-refractivity contribution in [1.82, 2.24) is 5.32 Å². The Morgan fingerprint density at radius 3 is 1.20 bits per heavy atom. The van der Waals surface area contributed by atoms with Crippen LogP contribution in [0, 0.1) is 0 Å². The van der Waals surface area contributed by atoms with Crippen molar-refractivity contribution in [3.8, 4) is 0 Å². The van der Waals surface area contributed by atoms with E-state index in [9.17, 15) is 19.0 Å². The minimum atomic E-state index is -4.44. The van der Waals surface area contributed by atoms with Crippen LogP contribution < -0.4 is 5.32 Å². The molecule has 0 spiro atoms. The van der Waals surface area contributed by atoms with E-state index in [1.165, 1.54) is 212 Å². The number of rotatable bonds is 56. The second-order valence-electron chi connectivity index (χ2n) is 22.2. The molecule has 0 saturated heterocycles. The van der Waals surface area contributed by atoms with E-state index < -0.39 is 20.0 Å². The van der Waals surface area contributed by atoms with E-state index in [-0.39, 0.29) is 25.1 Å². The molecular formula is C61H120N2O7P+. The lowest BCUT2D eigenvalue weighted by Gasteiger charge is -2.27. The molecule has 1 amide bonds. The minimum absolute atomic E-state index is 0.0436. The molecule has 0 saturated carbocycles. The molecule has 0 aromatic rings. The molecule has 0 aliphatic carbocycles. The zero-order chi connectivity index (χ0) is 52.2. The monoisotopic (exact) mass is 1020 g/mol. The third-order valence-corrected chi connectivity index (χ3v) is 14.9. The lowest BCUT2D eigenvalue weighted by Crippen LogP contribution is -2.47. The SMILES string of the molecule is CCCCCCCC/C=C/CCCCCCCCCCCCCC(=O)NC(COP(=O)(O)OCC[N+](C)(C)C)C(/C=C\CCCCCCCCCCC)OC(=O)CCCCCCCCCCCCCCC. The highest BCUT2D eigenvalue weighted by atomic mass is 31.2. The summed E-state index contributed by atoms with van der Waals surface area (Å²) in [5.41, 5.74) is 0. The van der Waals surface area contributed by atoms with Crippen LogP contribution in [-0.2, 0) is 27.9 Å². The van der Waals surface area contributed by atoms with Gasteiger partial charge in [0.2, 0.25) is 5.91 Å². The number of carbonyl (C=O) groups is 2. The molecule has 0 fully saturated rings. The molecule has 9 nitrogen and oxygen atoms in total. The van der Waals surface area contributed by atoms with E-state index in [0.717, 1.165) is 57.8 Å². The summed E-state index contributed by atoms with van der Waals surface area (Å²) >= 11 is 0. The number of quaternary nitrogens is 1. The number of allylic oxidation sites excluding steroid dienone is 3. The number of nitrogens with one attached hydrogen (secondary N) is 1. The number of likely N-dealkylation sites (N-methyl/N-ethyl adjacent to an activating group) is 1. The third kappa shape index (κ3) is 53.1. The first-order valence-electron chi connectivity index (χ1n) is 30.7. The Bertz CT molecular complexity index is 1270. The summed E-state index contributed by atoms with van der Waals surface area (Å²) < 4.78 is 30.6. The fourth-order valence-electron chi connectivity index (χ4n) is 9.11. The van der Waals surface area contributed by atoms with E-state index >= 15 is 0 Å². The van der Waals surface area contributed by atoms with Gasteiger partial charge in [0.25, 0.3) is 0 Å². The lowest BCUT2D eigenvalue weighted by molar-refractivity contribution is -0.870. The summed E-state index contributed by atoms with van der Waals surface area (Å²) in [6, 6.07) is -0.841. The van der Waals surface area contributed by atoms with Crippen molar-refractivity contribution in [3.63, 3.8) is 0 Å². The number of unbranched alkanes of at least 4 members (excludes halogenated alkanes) is 38. The molecule has 0 radical (unpaired) electrons. The highest BCUT2D eigenvalue weighted by Crippen LogP contribution is 2.43. The Kier molecular flexibility index (Phi) is 50.8. The van der Waals surface area contributed by atoms with Crippen LogP contribution in [-0.4, -0.2) is 74.3 Å². The van der Waals surface area contributed by atoms with E-state index in [4.69, 9.17) is 13.8 Å². The molecule has 10 heteroatoms. The highest BCUT2D eigenvalue weighted by molar-refractivity contribution is 7.47. The molecule has 0 aliphatic heterocycles. The molecule has 0 rings (SSSR count). The van der Waals surface area contributed by atoms with E-state index in [1.54, 1.807) is 0 Å². The third-order valence-electron chi connectivity index (χ3n) is 13.9. The lowest BCUT2D eigenvalue weighted by atomic mass is 10.0. The molecule has 2 N–H and O–H groups in total. The maximum Gasteiger partial charge on any atom is 0.472 e. The fourth-order valence-corrected chi connectivity index (χ4v) is 9.85. The van der Waals surface area contributed by atoms with Gasteiger partial charge in [-0.3, -0.25) is 18.6 Å². The zero-order valence-electron chi connectivity index (χ0n) is 48.0. The summed E-state index contributed by atoms with van der Waals surface area (Å²) in [6.07, 6.45) is 60.3. The standard InChI is InChI=1S/C61H119N2O7P/c1-7-10-13-16-19-22-25-27-28-29-30-31-32-33-34-36-38-41-44-47-50-53-60(64)62-58(57-69-71(66,67)68-56-55-63(4,5)6)59(52-49-46-43-40-37-24-21-18-15-12-9-3)70-61(65)54-51-48-45-42-39-35-26-23-20-17-14-11-8-2/h27-28,49,52,58-59H,7-26,29-48,50-51,53-57H2,1-6H3,(H-,62,64,66,67)/p+1/b28-27+,52-49-. The number of esters is 1. The largest absolute Gasteiger partial charge is 0.472 e. The second kappa shape index (κ2) is 52.0. The van der Waals surface area contributed by atoms with Crippen LogP contribution in [0.2, 0.25) is 0 Å². The van der Waals surface area contributed by atoms with Crippen LogP contribution in [0.3, 0.4) is 0 Å². The Morgan fingerprint density at radius 2 is 0.817 bits per heavy atom. The van der Waals surface area contributed by atoms with Crippen molar-refractivity contribution in [2.45, 2.75) is 315 Å². The first-order valence-corrected chi connectivity index (χ1v) is 32.2. The number of hydrogen-bond acceptors (Lipinski definition) is 6. The summed E-state index contributed by atoms with van der Waals surface area (Å²) in [5.74, 6) is -0.492. The number of nitrogens with zero attached hydrogens (tertiary/aromatic N) is 1. The second-order valence-corrected chi connectivity index (χ2v) is 23.7. The predicted octanol–water partition coefficient (Wildman–Crippen LogP) is 18.6. The first-order chi connectivity index (χ1) is 34.4. The highest BCUT2D eigenvalue weighted by Gasteiger charge is 2.30. The van der Waals surface area contributed by atoms with Gasteiger partial charge in [0.1, 0.15) is 19.3 Å². The molecule has 3 unspecified atom stereocenters. The quantitative estimate of drug-likeness (QED) is 0.0205. The van der Waals surface area contributed by atoms with E-state index in [0.29, 0.717) is 23.9 Å². The molecule has 3 atom stereocenters. The Labute approximate surface area is 441 Å². The number of phosphoric ester groups is 1. The van der Waals surface area contributed by atoms with Crippen LogP contribution in [0.4, 0.5) is 0 Å². The topological polar surface area (TPSA) is 111 Å². The fraction of sp³-hybridized carbons (Fsp3) is 0.902. The molecule has 0 heterocycles. The Balaban J connectivity index is 5.15. The molecule has 0 aromatic heterocycles. The maximum absolute atomic E-state index is 13.5. The van der Waals surface area contributed by atoms with Gasteiger partial charge >= 0.3 is 13.8 Å². The predicted molar refractivity (Wildman–Crippen MR) is 305 cm³/mol. The molecule has 0 aromatic carbocycles. The van der Waals surface area contributed by atoms with Gasteiger partial charge in [0.05, 0.1) is 33.8 Å². The van der Waals surface area contributed by atoms with Crippen molar-refractivity contribution in [2.24, 2.45) is 0 Å². The summed E-state index contributed by atoms with van der Waals surface area (Å²) in [5, 5.41) is 3.06. The normalized spacial score (nSPS) is 13.8. The van der Waals surface area contributed by atoms with Gasteiger partial charge in [0.15, 0.2) is 0 Å². The van der Waals surface area contributed by atoms with Crippen molar-refractivity contribution >= 4 is 19.7 Å². The van der Waals surface area contributed by atoms with Gasteiger partial charge in [-0.1, -0.05) is 257 Å². The van der Waals surface area contributed by atoms with Crippen LogP contribution in [0.25, 0.3) is 0 Å². The van der Waals surface area contributed by atoms with Crippen molar-refractivity contribution in [1.29, 1.82) is 0 Å². The molecule has 0 aliphatic rings. The van der Waals surface area contributed by atoms with Gasteiger partial charge in [-0.2, -0.15) is 0 Å². The Morgan fingerprint density at radius 1 is 0.479 bits per heavy atom. The molecule has 0 bridgehead atoms. The first kappa shape index (κ1) is 69.5. The van der Waals surface area contributed by atoms with Crippen molar-refractivity contribution in [3.05, 3.63) is 24.3 Å². The van der Waals surface area contributed by atoms with E-state index in [2.05, 4.69) is 38.2 Å². The Hall–Kier alpha value is -1.51. The van der Waals surface area contributed by atoms with E-state index in [1.807, 2.05) is 33.3 Å². The number of ether oxygens (including phenoxy) is 1. The molecular weight excluding hydrogens is 904 g/mol. The molecule has 71 heavy (non-hydrogen) atoms. The average Bonchev–Trinajstić information content (AvgIpc) is 3.33. The number of phosphoric acid groups is 1. The van der Waals surface area contributed by atoms with Gasteiger partial charge in [-0.15, -0.1) is 0 Å². The summed E-state index contributed by atoms with van der Waals surface area (Å²) in [4.78, 5) is 37.6. The number of hydrogen-bond donors (Lipinski definition) is 2. The number of carbonyl (C=O) groups excluding carboxylic acids is 2. The minimum Gasteiger partial charge on any atom is -0.456 e. The summed E-state index contributed by atoms with van der Waals surface area (Å²) in [6.45, 7) is 7.03. The average molecular weight is 1020 g/mol. The van der Waals surface area contributed by atoms with Crippen molar-refractivity contribution in [2.75, 3.05) is 40.9 Å². The van der Waals surface area contributed by atoms with Crippen LogP contribution in [0.5, 0.6) is 0 Å². The van der Waals surface area contributed by atoms with Crippen LogP contribution in [0.15, 0.2) is 24.3 Å². The van der Waals surface area contributed by atoms with Gasteiger partial charge < -0.3 is 19.4 Å². The summed E-state index contributed by atoms with van der Waals surface area (Å²) in [7, 11) is 1.51. The zero-order valence-corrected chi connectivity index (χ0v) is 48.9. The van der Waals surface area contributed by atoms with Gasteiger partial charge in [-0.25, -0.2) is 4.57 Å². The van der Waals surface area contributed by atoms with Gasteiger partial charge in [-0.05, 0) is 57.4 Å². The van der Waals surface area contributed by atoms with Gasteiger partial charge in [0, 0.05) is 12.8 Å². The maximum atomic E-state index is 13.5. The van der Waals surface area contributed by atoms with Crippen molar-refractivity contribution < 1.29 is 37.3 Å². The smallest absolute Gasteiger partial charge is 0.456 e. The number of amides is 1. The van der Waals surface area contributed by atoms with Crippen LogP contribution in [0.1, 0.15) is 303 Å². The molecule has 420 valence electrons. The van der Waals surface area contributed by atoms with Crippen LogP contribution >= 0.6 is 7.82 Å².